The molecule has 1 aliphatic heterocycles. The molecule has 0 radical (unpaired) electrons. The minimum atomic E-state index is -4.15. The Morgan fingerprint density at radius 1 is 1.45 bits per heavy atom. The van der Waals surface area contributed by atoms with Gasteiger partial charge in [0.15, 0.2) is 0 Å². The first-order chi connectivity index (χ1) is 9.32. The van der Waals surface area contributed by atoms with Crippen molar-refractivity contribution >= 4 is 27.6 Å². The molecular weight excluding hydrogens is 313 g/mol. The molecule has 0 spiro atoms. The van der Waals surface area contributed by atoms with E-state index in [4.69, 9.17) is 21.4 Å². The van der Waals surface area contributed by atoms with E-state index in [1.165, 1.54) is 0 Å². The third-order valence-electron chi connectivity index (χ3n) is 2.81. The SMILES string of the molecule is O=C(O)C1COCCN1S(=O)(=O)c1cc(F)cc(Cl)c1. The minimum absolute atomic E-state index is 0.0755. The summed E-state index contributed by atoms with van der Waals surface area (Å²) in [5.41, 5.74) is 0. The molecule has 1 heterocycles. The summed E-state index contributed by atoms with van der Waals surface area (Å²) in [6.07, 6.45) is 0. The fraction of sp³-hybridized carbons (Fsp3) is 0.364. The van der Waals surface area contributed by atoms with Gasteiger partial charge in [0.1, 0.15) is 11.9 Å². The Kier molecular flexibility index (Phi) is 4.28. The molecule has 9 heteroatoms. The highest BCUT2D eigenvalue weighted by atomic mass is 35.5. The van der Waals surface area contributed by atoms with Gasteiger partial charge in [-0.2, -0.15) is 4.31 Å². The summed E-state index contributed by atoms with van der Waals surface area (Å²) in [7, 11) is -4.15. The molecule has 1 saturated heterocycles. The molecule has 1 aromatic rings. The third kappa shape index (κ3) is 2.93. The largest absolute Gasteiger partial charge is 0.480 e. The lowest BCUT2D eigenvalue weighted by Crippen LogP contribution is -2.52. The number of carbonyl (C=O) groups is 1. The maximum atomic E-state index is 13.3. The van der Waals surface area contributed by atoms with E-state index in [-0.39, 0.29) is 29.7 Å². The van der Waals surface area contributed by atoms with Crippen LogP contribution in [0.1, 0.15) is 0 Å². The van der Waals surface area contributed by atoms with Gasteiger partial charge in [-0.05, 0) is 18.2 Å². The highest BCUT2D eigenvalue weighted by molar-refractivity contribution is 7.89. The molecule has 1 fully saturated rings. The number of morpholine rings is 1. The molecule has 20 heavy (non-hydrogen) atoms. The first kappa shape index (κ1) is 15.2. The molecule has 0 aliphatic carbocycles. The van der Waals surface area contributed by atoms with Gasteiger partial charge in [0, 0.05) is 11.6 Å². The van der Waals surface area contributed by atoms with Gasteiger partial charge in [-0.25, -0.2) is 12.8 Å². The van der Waals surface area contributed by atoms with Crippen molar-refractivity contribution in [3.63, 3.8) is 0 Å². The van der Waals surface area contributed by atoms with Crippen LogP contribution in [0, 0.1) is 5.82 Å². The third-order valence-corrected chi connectivity index (χ3v) is 4.91. The van der Waals surface area contributed by atoms with Crippen molar-refractivity contribution in [1.29, 1.82) is 0 Å². The Morgan fingerprint density at radius 3 is 2.75 bits per heavy atom. The van der Waals surface area contributed by atoms with Crippen LogP contribution in [0.25, 0.3) is 0 Å². The van der Waals surface area contributed by atoms with Crippen LogP contribution in [0.15, 0.2) is 23.1 Å². The number of nitrogens with zero attached hydrogens (tertiary/aromatic N) is 1. The van der Waals surface area contributed by atoms with Crippen LogP contribution in [0.2, 0.25) is 5.02 Å². The first-order valence-corrected chi connectivity index (χ1v) is 7.42. The van der Waals surface area contributed by atoms with E-state index < -0.39 is 27.9 Å². The Labute approximate surface area is 119 Å². The predicted octanol–water partition coefficient (Wildman–Crippen LogP) is 0.953. The van der Waals surface area contributed by atoms with Gasteiger partial charge in [0.05, 0.1) is 18.1 Å². The Balaban J connectivity index is 2.44. The van der Waals surface area contributed by atoms with Crippen LogP contribution in [0.5, 0.6) is 0 Å². The number of carboxylic acid groups (broad SMARTS) is 1. The second kappa shape index (κ2) is 5.65. The number of aliphatic carboxylic acids is 1. The van der Waals surface area contributed by atoms with Gasteiger partial charge in [-0.1, -0.05) is 11.6 Å². The standard InChI is InChI=1S/C11H11ClFNO5S/c12-7-3-8(13)5-9(4-7)20(17,18)14-1-2-19-6-10(14)11(15)16/h3-5,10H,1-2,6H2,(H,15,16). The highest BCUT2D eigenvalue weighted by Crippen LogP contribution is 2.24. The topological polar surface area (TPSA) is 83.9 Å². The van der Waals surface area contributed by atoms with Crippen molar-refractivity contribution in [3.8, 4) is 0 Å². The van der Waals surface area contributed by atoms with E-state index in [9.17, 15) is 17.6 Å². The lowest BCUT2D eigenvalue weighted by Gasteiger charge is -2.31. The van der Waals surface area contributed by atoms with Crippen molar-refractivity contribution in [1.82, 2.24) is 4.31 Å². The molecule has 0 bridgehead atoms. The molecular formula is C11H11ClFNO5S. The Bertz CT molecular complexity index is 615. The molecule has 0 saturated carbocycles. The number of carboxylic acids is 1. The summed E-state index contributed by atoms with van der Waals surface area (Å²) >= 11 is 5.63. The highest BCUT2D eigenvalue weighted by Gasteiger charge is 2.38. The zero-order valence-electron chi connectivity index (χ0n) is 10.1. The van der Waals surface area contributed by atoms with Gasteiger partial charge in [-0.15, -0.1) is 0 Å². The summed E-state index contributed by atoms with van der Waals surface area (Å²) < 4.78 is 43.8. The molecule has 6 nitrogen and oxygen atoms in total. The molecule has 0 aromatic heterocycles. The fourth-order valence-electron chi connectivity index (χ4n) is 1.88. The zero-order chi connectivity index (χ0) is 14.9. The van der Waals surface area contributed by atoms with Crippen LogP contribution in [0.4, 0.5) is 4.39 Å². The van der Waals surface area contributed by atoms with Crippen molar-refractivity contribution in [2.45, 2.75) is 10.9 Å². The number of rotatable bonds is 3. The maximum Gasteiger partial charge on any atom is 0.324 e. The monoisotopic (exact) mass is 323 g/mol. The fourth-order valence-corrected chi connectivity index (χ4v) is 3.78. The molecule has 1 aliphatic rings. The van der Waals surface area contributed by atoms with Crippen molar-refractivity contribution in [3.05, 3.63) is 29.0 Å². The molecule has 110 valence electrons. The van der Waals surface area contributed by atoms with E-state index in [0.29, 0.717) is 0 Å². The maximum absolute atomic E-state index is 13.3. The van der Waals surface area contributed by atoms with E-state index >= 15 is 0 Å². The summed E-state index contributed by atoms with van der Waals surface area (Å²) in [6.45, 7) is -0.295. The van der Waals surface area contributed by atoms with Gasteiger partial charge >= 0.3 is 5.97 Å². The molecule has 0 amide bonds. The average molecular weight is 324 g/mol. The number of halogens is 2. The second-order valence-electron chi connectivity index (χ2n) is 4.15. The molecule has 1 aromatic carbocycles. The second-order valence-corrected chi connectivity index (χ2v) is 6.48. The van der Waals surface area contributed by atoms with E-state index in [0.717, 1.165) is 22.5 Å². The van der Waals surface area contributed by atoms with Gasteiger partial charge in [-0.3, -0.25) is 4.79 Å². The van der Waals surface area contributed by atoms with Crippen LogP contribution < -0.4 is 0 Å². The summed E-state index contributed by atoms with van der Waals surface area (Å²) in [5, 5.41) is 8.96. The summed E-state index contributed by atoms with van der Waals surface area (Å²) in [6, 6.07) is 1.51. The minimum Gasteiger partial charge on any atom is -0.480 e. The van der Waals surface area contributed by atoms with E-state index in [2.05, 4.69) is 0 Å². The summed E-state index contributed by atoms with van der Waals surface area (Å²) in [4.78, 5) is 10.7. The number of benzene rings is 1. The van der Waals surface area contributed by atoms with Crippen LogP contribution in [-0.2, 0) is 19.6 Å². The van der Waals surface area contributed by atoms with Gasteiger partial charge in [0.2, 0.25) is 10.0 Å². The Hall–Kier alpha value is -1.22. The predicted molar refractivity (Wildman–Crippen MR) is 67.5 cm³/mol. The molecule has 2 rings (SSSR count). The van der Waals surface area contributed by atoms with Crippen LogP contribution in [-0.4, -0.2) is 49.6 Å². The molecule has 1 atom stereocenters. The lowest BCUT2D eigenvalue weighted by atomic mass is 10.3. The van der Waals surface area contributed by atoms with Crippen LogP contribution in [0.3, 0.4) is 0 Å². The van der Waals surface area contributed by atoms with Gasteiger partial charge < -0.3 is 9.84 Å². The number of hydrogen-bond acceptors (Lipinski definition) is 4. The molecule has 1 N–H and O–H groups in total. The van der Waals surface area contributed by atoms with Crippen molar-refractivity contribution in [2.24, 2.45) is 0 Å². The number of hydrogen-bond donors (Lipinski definition) is 1. The smallest absolute Gasteiger partial charge is 0.324 e. The lowest BCUT2D eigenvalue weighted by molar-refractivity contribution is -0.146. The molecule has 1 unspecified atom stereocenters. The quantitative estimate of drug-likeness (QED) is 0.895. The van der Waals surface area contributed by atoms with Crippen molar-refractivity contribution in [2.75, 3.05) is 19.8 Å². The number of sulfonamides is 1. The van der Waals surface area contributed by atoms with E-state index in [1.807, 2.05) is 0 Å². The van der Waals surface area contributed by atoms with Crippen LogP contribution >= 0.6 is 11.6 Å². The summed E-state index contributed by atoms with van der Waals surface area (Å²) in [5.74, 6) is -2.13. The van der Waals surface area contributed by atoms with Gasteiger partial charge in [0.25, 0.3) is 0 Å². The zero-order valence-corrected chi connectivity index (χ0v) is 11.7. The normalized spacial score (nSPS) is 20.8. The Morgan fingerprint density at radius 2 is 2.15 bits per heavy atom. The average Bonchev–Trinajstić information content (AvgIpc) is 2.37. The van der Waals surface area contributed by atoms with E-state index in [1.54, 1.807) is 0 Å². The first-order valence-electron chi connectivity index (χ1n) is 5.61. The number of ether oxygens (including phenoxy) is 1. The van der Waals surface area contributed by atoms with Crippen molar-refractivity contribution < 1.29 is 27.4 Å².